The number of halogens is 1. The zero-order chi connectivity index (χ0) is 8.27. The molecule has 0 unspecified atom stereocenters. The predicted octanol–water partition coefficient (Wildman–Crippen LogP) is -0.506. The van der Waals surface area contributed by atoms with E-state index < -0.39 is 11.4 Å². The molecular formula is C5H8ClN3O2. The van der Waals surface area contributed by atoms with Crippen LogP contribution in [-0.4, -0.2) is 20.6 Å². The smallest absolute Gasteiger partial charge is 0.247 e. The topological polar surface area (TPSA) is 70.7 Å². The second-order valence-corrected chi connectivity index (χ2v) is 2.43. The molecule has 0 aliphatic carbocycles. The zero-order valence-electron chi connectivity index (χ0n) is 5.76. The summed E-state index contributed by atoms with van der Waals surface area (Å²) in [6, 6.07) is 0. The summed E-state index contributed by atoms with van der Waals surface area (Å²) in [4.78, 5) is 21.6. The maximum absolute atomic E-state index is 10.8. The van der Waals surface area contributed by atoms with Gasteiger partial charge >= 0.3 is 11.4 Å². The van der Waals surface area contributed by atoms with Crippen LogP contribution in [0, 0.1) is 0 Å². The van der Waals surface area contributed by atoms with Gasteiger partial charge in [-0.1, -0.05) is 0 Å². The van der Waals surface area contributed by atoms with Gasteiger partial charge in [-0.3, -0.25) is 0 Å². The molecule has 0 atom stereocenters. The highest BCUT2D eigenvalue weighted by Gasteiger charge is 1.99. The van der Waals surface area contributed by atoms with E-state index in [1.165, 1.54) is 0 Å². The van der Waals surface area contributed by atoms with Crippen molar-refractivity contribution in [3.8, 4) is 0 Å². The summed E-state index contributed by atoms with van der Waals surface area (Å²) in [5, 5.41) is 4.35. The molecular weight excluding hydrogens is 170 g/mol. The number of alkyl halides is 1. The molecule has 0 fully saturated rings. The van der Waals surface area contributed by atoms with Gasteiger partial charge in [0.05, 0.1) is 0 Å². The van der Waals surface area contributed by atoms with E-state index in [-0.39, 0.29) is 0 Å². The number of H-pyrrole nitrogens is 2. The molecule has 0 aromatic carbocycles. The fraction of sp³-hybridized carbons (Fsp3) is 0.600. The molecule has 0 aliphatic rings. The van der Waals surface area contributed by atoms with Crippen molar-refractivity contribution >= 4 is 11.6 Å². The molecule has 1 aromatic rings. The first-order chi connectivity index (χ1) is 5.25. The summed E-state index contributed by atoms with van der Waals surface area (Å²) < 4.78 is 1.07. The van der Waals surface area contributed by atoms with Gasteiger partial charge in [-0.05, 0) is 6.42 Å². The Morgan fingerprint density at radius 3 is 2.27 bits per heavy atom. The third-order valence-corrected chi connectivity index (χ3v) is 1.55. The van der Waals surface area contributed by atoms with Crippen molar-refractivity contribution in [3.63, 3.8) is 0 Å². The number of nitrogens with one attached hydrogen (secondary N) is 2. The fourth-order valence-electron chi connectivity index (χ4n) is 0.755. The van der Waals surface area contributed by atoms with E-state index in [0.29, 0.717) is 18.8 Å². The summed E-state index contributed by atoms with van der Waals surface area (Å²) in [5.74, 6) is 0.442. The molecule has 6 heteroatoms. The van der Waals surface area contributed by atoms with Crippen LogP contribution in [0.3, 0.4) is 0 Å². The molecule has 62 valence electrons. The summed E-state index contributed by atoms with van der Waals surface area (Å²) in [6.45, 7) is 0.362. The van der Waals surface area contributed by atoms with Crippen LogP contribution in [0.2, 0.25) is 0 Å². The van der Waals surface area contributed by atoms with Gasteiger partial charge in [0.15, 0.2) is 0 Å². The van der Waals surface area contributed by atoms with Crippen molar-refractivity contribution in [2.24, 2.45) is 0 Å². The normalized spacial score (nSPS) is 10.3. The van der Waals surface area contributed by atoms with Crippen LogP contribution in [0.1, 0.15) is 6.42 Å². The van der Waals surface area contributed by atoms with Gasteiger partial charge in [0, 0.05) is 12.4 Å². The van der Waals surface area contributed by atoms with Crippen LogP contribution in [0.15, 0.2) is 9.59 Å². The molecule has 0 saturated carbocycles. The van der Waals surface area contributed by atoms with Gasteiger partial charge in [0.1, 0.15) is 0 Å². The summed E-state index contributed by atoms with van der Waals surface area (Å²) >= 11 is 5.39. The fourth-order valence-corrected chi connectivity index (χ4v) is 0.875. The summed E-state index contributed by atoms with van der Waals surface area (Å²) in [5.41, 5.74) is -0.833. The second-order valence-electron chi connectivity index (χ2n) is 2.05. The maximum atomic E-state index is 10.8. The molecule has 0 aliphatic heterocycles. The SMILES string of the molecule is O=c1[nH][nH]c(=O)n1CCCCl. The third-order valence-electron chi connectivity index (χ3n) is 1.28. The number of aromatic nitrogens is 3. The van der Waals surface area contributed by atoms with Crippen LogP contribution >= 0.6 is 11.6 Å². The van der Waals surface area contributed by atoms with E-state index in [1.807, 2.05) is 0 Å². The van der Waals surface area contributed by atoms with Crippen LogP contribution in [0.5, 0.6) is 0 Å². The molecule has 0 bridgehead atoms. The number of aromatic amines is 2. The molecule has 1 rings (SSSR count). The molecule has 11 heavy (non-hydrogen) atoms. The zero-order valence-corrected chi connectivity index (χ0v) is 6.52. The number of hydrogen-bond donors (Lipinski definition) is 2. The molecule has 0 saturated heterocycles. The highest BCUT2D eigenvalue weighted by molar-refractivity contribution is 6.17. The van der Waals surface area contributed by atoms with Gasteiger partial charge in [-0.2, -0.15) is 0 Å². The first kappa shape index (κ1) is 8.13. The van der Waals surface area contributed by atoms with Crippen molar-refractivity contribution in [2.45, 2.75) is 13.0 Å². The maximum Gasteiger partial charge on any atom is 0.344 e. The molecule has 1 heterocycles. The third kappa shape index (κ3) is 1.74. The number of hydrogen-bond acceptors (Lipinski definition) is 2. The minimum absolute atomic E-state index is 0.362. The van der Waals surface area contributed by atoms with Gasteiger partial charge in [0.25, 0.3) is 0 Å². The van der Waals surface area contributed by atoms with Gasteiger partial charge in [-0.25, -0.2) is 24.4 Å². The van der Waals surface area contributed by atoms with Crippen molar-refractivity contribution in [1.29, 1.82) is 0 Å². The largest absolute Gasteiger partial charge is 0.344 e. The van der Waals surface area contributed by atoms with Gasteiger partial charge in [-0.15, -0.1) is 11.6 Å². The predicted molar refractivity (Wildman–Crippen MR) is 41.0 cm³/mol. The Balaban J connectivity index is 2.84. The number of rotatable bonds is 3. The lowest BCUT2D eigenvalue weighted by molar-refractivity contribution is 0.639. The molecule has 5 nitrogen and oxygen atoms in total. The number of nitrogens with zero attached hydrogens (tertiary/aromatic N) is 1. The molecule has 0 radical (unpaired) electrons. The Labute approximate surface area is 67.0 Å². The van der Waals surface area contributed by atoms with Gasteiger partial charge < -0.3 is 0 Å². The van der Waals surface area contributed by atoms with Crippen LogP contribution < -0.4 is 11.4 Å². The van der Waals surface area contributed by atoms with E-state index in [9.17, 15) is 9.59 Å². The average molecular weight is 178 g/mol. The molecule has 1 aromatic heterocycles. The second kappa shape index (κ2) is 3.43. The Hall–Kier alpha value is -0.970. The highest BCUT2D eigenvalue weighted by Crippen LogP contribution is 1.84. The van der Waals surface area contributed by atoms with Crippen molar-refractivity contribution in [1.82, 2.24) is 14.8 Å². The van der Waals surface area contributed by atoms with Crippen LogP contribution in [0.25, 0.3) is 0 Å². The first-order valence-electron chi connectivity index (χ1n) is 3.19. The lowest BCUT2D eigenvalue weighted by Crippen LogP contribution is -2.26. The lowest BCUT2D eigenvalue weighted by Gasteiger charge is -1.92. The van der Waals surface area contributed by atoms with E-state index in [2.05, 4.69) is 10.2 Å². The Morgan fingerprint density at radius 2 is 1.82 bits per heavy atom. The van der Waals surface area contributed by atoms with Gasteiger partial charge in [0.2, 0.25) is 0 Å². The Morgan fingerprint density at radius 1 is 1.27 bits per heavy atom. The van der Waals surface area contributed by atoms with E-state index in [4.69, 9.17) is 11.6 Å². The minimum atomic E-state index is -0.417. The average Bonchev–Trinajstić information content (AvgIpc) is 2.29. The van der Waals surface area contributed by atoms with Crippen molar-refractivity contribution in [3.05, 3.63) is 21.0 Å². The van der Waals surface area contributed by atoms with E-state index in [1.54, 1.807) is 0 Å². The quantitative estimate of drug-likeness (QED) is 0.611. The summed E-state index contributed by atoms with van der Waals surface area (Å²) in [6.07, 6.45) is 0.613. The highest BCUT2D eigenvalue weighted by atomic mass is 35.5. The van der Waals surface area contributed by atoms with Crippen LogP contribution in [-0.2, 0) is 6.54 Å². The molecule has 0 amide bonds. The minimum Gasteiger partial charge on any atom is -0.247 e. The Kier molecular flexibility index (Phi) is 2.53. The van der Waals surface area contributed by atoms with Crippen molar-refractivity contribution < 1.29 is 0 Å². The lowest BCUT2D eigenvalue weighted by atomic mass is 10.5. The Bertz CT molecular complexity index is 295. The van der Waals surface area contributed by atoms with Crippen LogP contribution in [0.4, 0.5) is 0 Å². The summed E-state index contributed by atoms with van der Waals surface area (Å²) in [7, 11) is 0. The molecule has 0 spiro atoms. The monoisotopic (exact) mass is 177 g/mol. The van der Waals surface area contributed by atoms with Crippen molar-refractivity contribution in [2.75, 3.05) is 5.88 Å². The first-order valence-corrected chi connectivity index (χ1v) is 3.72. The molecule has 2 N–H and O–H groups in total. The van der Waals surface area contributed by atoms with E-state index >= 15 is 0 Å². The standard InChI is InChI=1S/C5H8ClN3O2/c6-2-1-3-9-4(10)7-8-5(9)11/h1-3H2,(H,7,10)(H,8,11). The van der Waals surface area contributed by atoms with E-state index in [0.717, 1.165) is 4.57 Å².